The Bertz CT molecular complexity index is 860. The molecular formula is C19H14Cl2F3N. The number of nitrogens with one attached hydrogen (secondary N) is 1. The van der Waals surface area contributed by atoms with Crippen molar-refractivity contribution in [2.75, 3.05) is 5.32 Å². The quantitative estimate of drug-likeness (QED) is 0.531. The van der Waals surface area contributed by atoms with Crippen LogP contribution in [-0.2, 0) is 6.18 Å². The van der Waals surface area contributed by atoms with Crippen LogP contribution in [0.5, 0.6) is 0 Å². The Hall–Kier alpha value is -1.65. The van der Waals surface area contributed by atoms with Gasteiger partial charge < -0.3 is 5.32 Å². The third kappa shape index (κ3) is 2.72. The molecule has 1 heterocycles. The first-order valence-electron chi connectivity index (χ1n) is 7.95. The molecule has 3 atom stereocenters. The lowest BCUT2D eigenvalue weighted by Crippen LogP contribution is -2.31. The van der Waals surface area contributed by atoms with E-state index in [1.54, 1.807) is 18.2 Å². The number of para-hydroxylation sites is 1. The zero-order chi connectivity index (χ0) is 17.8. The molecule has 1 N–H and O–H groups in total. The van der Waals surface area contributed by atoms with Crippen molar-refractivity contribution >= 4 is 28.9 Å². The number of hydrogen-bond donors (Lipinski definition) is 1. The molecule has 2 aliphatic rings. The Labute approximate surface area is 153 Å². The van der Waals surface area contributed by atoms with Crippen LogP contribution in [0.2, 0.25) is 10.0 Å². The third-order valence-corrected chi connectivity index (χ3v) is 5.85. The molecular weight excluding hydrogens is 370 g/mol. The van der Waals surface area contributed by atoms with E-state index in [4.69, 9.17) is 23.2 Å². The summed E-state index contributed by atoms with van der Waals surface area (Å²) in [6.07, 6.45) is 0.380. The van der Waals surface area contributed by atoms with Crippen LogP contribution >= 0.6 is 23.2 Å². The van der Waals surface area contributed by atoms with Gasteiger partial charge in [0.05, 0.1) is 27.3 Å². The molecule has 0 bridgehead atoms. The lowest BCUT2D eigenvalue weighted by molar-refractivity contribution is -0.137. The molecule has 6 heteroatoms. The number of allylic oxidation sites excluding steroid dienone is 2. The van der Waals surface area contributed by atoms with E-state index in [0.717, 1.165) is 18.1 Å². The number of hydrogen-bond acceptors (Lipinski definition) is 1. The van der Waals surface area contributed by atoms with Crippen molar-refractivity contribution < 1.29 is 13.2 Å². The molecule has 2 aromatic rings. The molecule has 0 aromatic heterocycles. The summed E-state index contributed by atoms with van der Waals surface area (Å²) in [7, 11) is 0. The standard InChI is InChI=1S/C19H14Cl2F3N/c20-15-9-3-7-13(16(15)21)17-11-5-1-4-10(11)12-6-2-8-14(18(12)25-17)19(22,23)24/h1-4,6-11,17,25H,5H2/t10-,11-,17-/m0/s1. The molecule has 4 rings (SSSR count). The predicted molar refractivity (Wildman–Crippen MR) is 94.3 cm³/mol. The summed E-state index contributed by atoms with van der Waals surface area (Å²) in [5.74, 6) is 0.0329. The van der Waals surface area contributed by atoms with Gasteiger partial charge in [0.15, 0.2) is 0 Å². The second-order valence-corrected chi connectivity index (χ2v) is 7.17. The van der Waals surface area contributed by atoms with Crippen LogP contribution in [-0.4, -0.2) is 0 Å². The van der Waals surface area contributed by atoms with Gasteiger partial charge in [-0.1, -0.05) is 59.6 Å². The monoisotopic (exact) mass is 383 g/mol. The van der Waals surface area contributed by atoms with Crippen LogP contribution in [0.4, 0.5) is 18.9 Å². The minimum atomic E-state index is -4.42. The molecule has 130 valence electrons. The molecule has 0 amide bonds. The molecule has 25 heavy (non-hydrogen) atoms. The van der Waals surface area contributed by atoms with Crippen molar-refractivity contribution in [3.8, 4) is 0 Å². The summed E-state index contributed by atoms with van der Waals surface area (Å²) in [6.45, 7) is 0. The van der Waals surface area contributed by atoms with Crippen LogP contribution in [0.3, 0.4) is 0 Å². The van der Waals surface area contributed by atoms with Crippen molar-refractivity contribution in [2.45, 2.75) is 24.6 Å². The van der Waals surface area contributed by atoms with Crippen LogP contribution in [0.15, 0.2) is 48.6 Å². The fourth-order valence-electron chi connectivity index (χ4n) is 3.93. The molecule has 0 saturated heterocycles. The number of alkyl halides is 3. The van der Waals surface area contributed by atoms with Crippen molar-refractivity contribution in [3.63, 3.8) is 0 Å². The molecule has 0 fully saturated rings. The van der Waals surface area contributed by atoms with Crippen molar-refractivity contribution in [2.24, 2.45) is 5.92 Å². The van der Waals surface area contributed by atoms with Gasteiger partial charge in [-0.15, -0.1) is 0 Å². The summed E-state index contributed by atoms with van der Waals surface area (Å²) in [6, 6.07) is 9.29. The van der Waals surface area contributed by atoms with E-state index in [1.165, 1.54) is 6.07 Å². The van der Waals surface area contributed by atoms with E-state index in [0.29, 0.717) is 15.6 Å². The smallest absolute Gasteiger partial charge is 0.377 e. The fraction of sp³-hybridized carbons (Fsp3) is 0.263. The lowest BCUT2D eigenvalue weighted by Gasteiger charge is -2.39. The van der Waals surface area contributed by atoms with Crippen molar-refractivity contribution in [3.05, 3.63) is 75.3 Å². The summed E-state index contributed by atoms with van der Waals surface area (Å²) in [4.78, 5) is 0. The van der Waals surface area contributed by atoms with Gasteiger partial charge in [0.25, 0.3) is 0 Å². The van der Waals surface area contributed by atoms with Crippen molar-refractivity contribution in [1.82, 2.24) is 0 Å². The average molecular weight is 384 g/mol. The maximum absolute atomic E-state index is 13.5. The van der Waals surface area contributed by atoms with Gasteiger partial charge >= 0.3 is 6.18 Å². The van der Waals surface area contributed by atoms with E-state index in [9.17, 15) is 13.2 Å². The zero-order valence-corrected chi connectivity index (χ0v) is 14.5. The SMILES string of the molecule is FC(F)(F)c1cccc2c1N[C@H](c1cccc(Cl)c1Cl)[C@H]1CC=C[C@H]21. The molecule has 0 spiro atoms. The van der Waals surface area contributed by atoms with E-state index in [-0.39, 0.29) is 23.6 Å². The summed E-state index contributed by atoms with van der Waals surface area (Å²) in [5.41, 5.74) is 0.911. The van der Waals surface area contributed by atoms with Gasteiger partial charge in [0, 0.05) is 5.92 Å². The highest BCUT2D eigenvalue weighted by Gasteiger charge is 2.43. The van der Waals surface area contributed by atoms with E-state index in [2.05, 4.69) is 5.32 Å². The molecule has 1 aliphatic carbocycles. The van der Waals surface area contributed by atoms with E-state index >= 15 is 0 Å². The molecule has 1 nitrogen and oxygen atoms in total. The highest BCUT2D eigenvalue weighted by atomic mass is 35.5. The van der Waals surface area contributed by atoms with Gasteiger partial charge in [0.1, 0.15) is 0 Å². The van der Waals surface area contributed by atoms with E-state index in [1.807, 2.05) is 18.2 Å². The van der Waals surface area contributed by atoms with Gasteiger partial charge in [-0.2, -0.15) is 13.2 Å². The molecule has 2 aromatic carbocycles. The first kappa shape index (κ1) is 16.8. The van der Waals surface area contributed by atoms with Gasteiger partial charge in [-0.25, -0.2) is 0 Å². The Morgan fingerprint density at radius 2 is 1.72 bits per heavy atom. The number of rotatable bonds is 1. The van der Waals surface area contributed by atoms with Crippen LogP contribution in [0.25, 0.3) is 0 Å². The van der Waals surface area contributed by atoms with Crippen LogP contribution < -0.4 is 5.32 Å². The summed E-state index contributed by atoms with van der Waals surface area (Å²) >= 11 is 12.5. The highest BCUT2D eigenvalue weighted by molar-refractivity contribution is 6.42. The molecule has 1 aliphatic heterocycles. The van der Waals surface area contributed by atoms with Crippen LogP contribution in [0.1, 0.15) is 35.1 Å². The lowest BCUT2D eigenvalue weighted by atomic mass is 9.76. The predicted octanol–water partition coefficient (Wildman–Crippen LogP) is 6.84. The minimum absolute atomic E-state index is 0.0707. The van der Waals surface area contributed by atoms with Gasteiger partial charge in [0.2, 0.25) is 0 Å². The number of halogens is 5. The summed E-state index contributed by atoms with van der Waals surface area (Å²) < 4.78 is 40.5. The fourth-order valence-corrected chi connectivity index (χ4v) is 4.35. The number of fused-ring (bicyclic) bond motifs is 3. The Morgan fingerprint density at radius 1 is 1.00 bits per heavy atom. The Morgan fingerprint density at radius 3 is 2.48 bits per heavy atom. The second kappa shape index (κ2) is 5.96. The summed E-state index contributed by atoms with van der Waals surface area (Å²) in [5, 5.41) is 3.92. The first-order chi connectivity index (χ1) is 11.9. The molecule has 0 unspecified atom stereocenters. The topological polar surface area (TPSA) is 12.0 Å². The Kier molecular flexibility index (Phi) is 4.00. The minimum Gasteiger partial charge on any atom is -0.377 e. The molecule has 0 saturated carbocycles. The maximum atomic E-state index is 13.5. The maximum Gasteiger partial charge on any atom is 0.418 e. The number of benzene rings is 2. The second-order valence-electron chi connectivity index (χ2n) is 6.39. The average Bonchev–Trinajstić information content (AvgIpc) is 3.05. The van der Waals surface area contributed by atoms with Crippen molar-refractivity contribution in [1.29, 1.82) is 0 Å². The van der Waals surface area contributed by atoms with Crippen LogP contribution in [0, 0.1) is 5.92 Å². The third-order valence-electron chi connectivity index (χ3n) is 5.02. The van der Waals surface area contributed by atoms with E-state index < -0.39 is 11.7 Å². The first-order valence-corrected chi connectivity index (χ1v) is 8.70. The zero-order valence-electron chi connectivity index (χ0n) is 12.9. The number of anilines is 1. The Balaban J connectivity index is 1.88. The normalized spacial score (nSPS) is 24.6. The largest absolute Gasteiger partial charge is 0.418 e. The van der Waals surface area contributed by atoms with Gasteiger partial charge in [-0.05, 0) is 35.6 Å². The van der Waals surface area contributed by atoms with Gasteiger partial charge in [-0.3, -0.25) is 0 Å². The molecule has 0 radical (unpaired) electrons. The highest BCUT2D eigenvalue weighted by Crippen LogP contribution is 2.53.